The molecule has 188 valence electrons. The summed E-state index contributed by atoms with van der Waals surface area (Å²) in [7, 11) is 0. The number of carbonyl (C=O) groups excluding carboxylic acids is 2. The quantitative estimate of drug-likeness (QED) is 0.565. The summed E-state index contributed by atoms with van der Waals surface area (Å²) in [6.07, 6.45) is 6.09. The van der Waals surface area contributed by atoms with E-state index in [9.17, 15) is 19.8 Å². The van der Waals surface area contributed by atoms with E-state index in [0.29, 0.717) is 12.8 Å². The topological polar surface area (TPSA) is 96.7 Å². The van der Waals surface area contributed by atoms with Gasteiger partial charge in [-0.15, -0.1) is 11.3 Å². The number of cyclic esters (lactones) is 1. The predicted molar refractivity (Wildman–Crippen MR) is 136 cm³/mol. The van der Waals surface area contributed by atoms with Crippen molar-refractivity contribution in [2.75, 3.05) is 0 Å². The highest BCUT2D eigenvalue weighted by molar-refractivity contribution is 7.09. The summed E-state index contributed by atoms with van der Waals surface area (Å²) in [5, 5.41) is 24.5. The fourth-order valence-electron chi connectivity index (χ4n) is 4.09. The SMILES string of the molecule is CC1=C/C[C@@H](/C(C)=C/c2csc(C)n2)OC(=O)C[C@H](O)C(C)(C)C(=O)[C@H](C)C(O)[C@@H](C)C\C=C\1. The second kappa shape index (κ2) is 12.0. The van der Waals surface area contributed by atoms with Gasteiger partial charge in [0.05, 0.1) is 34.7 Å². The first-order valence-electron chi connectivity index (χ1n) is 11.9. The molecule has 0 aromatic carbocycles. The van der Waals surface area contributed by atoms with Gasteiger partial charge in [0.15, 0.2) is 0 Å². The maximum atomic E-state index is 13.1. The average Bonchev–Trinajstić information content (AvgIpc) is 3.18. The molecule has 34 heavy (non-hydrogen) atoms. The summed E-state index contributed by atoms with van der Waals surface area (Å²) in [5.74, 6) is -1.65. The molecule has 7 heteroatoms. The molecule has 0 aliphatic carbocycles. The lowest BCUT2D eigenvalue weighted by molar-refractivity contribution is -0.154. The molecule has 0 saturated heterocycles. The number of rotatable bonds is 2. The van der Waals surface area contributed by atoms with Gasteiger partial charge in [-0.2, -0.15) is 0 Å². The minimum absolute atomic E-state index is 0.131. The summed E-state index contributed by atoms with van der Waals surface area (Å²) in [5.41, 5.74) is 1.47. The molecule has 2 heterocycles. The number of aryl methyl sites for hydroxylation is 1. The number of hydrogen-bond donors (Lipinski definition) is 2. The van der Waals surface area contributed by atoms with Gasteiger partial charge in [0.2, 0.25) is 0 Å². The molecular formula is C27H39NO5S. The van der Waals surface area contributed by atoms with Crippen molar-refractivity contribution >= 4 is 29.2 Å². The number of nitrogens with zero attached hydrogens (tertiary/aromatic N) is 1. The monoisotopic (exact) mass is 489 g/mol. The number of aliphatic hydroxyl groups excluding tert-OH is 2. The molecule has 1 aliphatic rings. The second-order valence-electron chi connectivity index (χ2n) is 10.0. The van der Waals surface area contributed by atoms with Crippen LogP contribution in [0.2, 0.25) is 0 Å². The van der Waals surface area contributed by atoms with Gasteiger partial charge < -0.3 is 14.9 Å². The van der Waals surface area contributed by atoms with Crippen LogP contribution in [0.15, 0.2) is 34.8 Å². The first-order valence-corrected chi connectivity index (χ1v) is 12.7. The third kappa shape index (κ3) is 7.45. The van der Waals surface area contributed by atoms with Crippen LogP contribution in [0.1, 0.15) is 71.5 Å². The van der Waals surface area contributed by atoms with Gasteiger partial charge in [0.25, 0.3) is 0 Å². The molecule has 5 atom stereocenters. The number of aromatic nitrogens is 1. The molecule has 0 saturated carbocycles. The number of allylic oxidation sites excluding steroid dienone is 3. The van der Waals surface area contributed by atoms with Crippen molar-refractivity contribution in [2.24, 2.45) is 17.3 Å². The molecule has 1 aromatic heterocycles. The summed E-state index contributed by atoms with van der Waals surface area (Å²) in [6.45, 7) is 12.6. The molecule has 0 spiro atoms. The van der Waals surface area contributed by atoms with Crippen molar-refractivity contribution in [1.29, 1.82) is 0 Å². The number of Topliss-reactive ketones (excluding diaryl/α,β-unsaturated/α-hetero) is 1. The molecule has 2 N–H and O–H groups in total. The summed E-state index contributed by atoms with van der Waals surface area (Å²) < 4.78 is 5.78. The lowest BCUT2D eigenvalue weighted by atomic mass is 9.73. The Morgan fingerprint density at radius 1 is 1.21 bits per heavy atom. The van der Waals surface area contributed by atoms with E-state index in [1.165, 1.54) is 0 Å². The molecule has 0 radical (unpaired) electrons. The zero-order valence-electron chi connectivity index (χ0n) is 21.4. The van der Waals surface area contributed by atoms with Crippen molar-refractivity contribution in [3.8, 4) is 0 Å². The van der Waals surface area contributed by atoms with Gasteiger partial charge in [0, 0.05) is 17.7 Å². The Morgan fingerprint density at radius 2 is 1.88 bits per heavy atom. The van der Waals surface area contributed by atoms with Crippen molar-refractivity contribution in [2.45, 2.75) is 86.0 Å². The van der Waals surface area contributed by atoms with Crippen molar-refractivity contribution < 1.29 is 24.5 Å². The molecule has 0 fully saturated rings. The second-order valence-corrected chi connectivity index (χ2v) is 11.1. The van der Waals surface area contributed by atoms with Gasteiger partial charge in [-0.25, -0.2) is 4.98 Å². The van der Waals surface area contributed by atoms with Crippen LogP contribution in [0.3, 0.4) is 0 Å². The van der Waals surface area contributed by atoms with Crippen LogP contribution in [-0.4, -0.2) is 45.3 Å². The highest BCUT2D eigenvalue weighted by Gasteiger charge is 2.42. The molecule has 0 amide bonds. The summed E-state index contributed by atoms with van der Waals surface area (Å²) >= 11 is 1.55. The lowest BCUT2D eigenvalue weighted by Gasteiger charge is -2.34. The van der Waals surface area contributed by atoms with Crippen LogP contribution < -0.4 is 0 Å². The molecule has 2 rings (SSSR count). The number of ether oxygens (including phenoxy) is 1. The molecule has 1 unspecified atom stereocenters. The first-order chi connectivity index (χ1) is 15.8. The Kier molecular flexibility index (Phi) is 9.97. The van der Waals surface area contributed by atoms with Crippen LogP contribution in [0.4, 0.5) is 0 Å². The normalized spacial score (nSPS) is 32.6. The zero-order chi connectivity index (χ0) is 25.6. The maximum Gasteiger partial charge on any atom is 0.309 e. The molecule has 1 aromatic rings. The van der Waals surface area contributed by atoms with E-state index in [1.54, 1.807) is 32.1 Å². The Morgan fingerprint density at radius 3 is 2.50 bits per heavy atom. The maximum absolute atomic E-state index is 13.1. The van der Waals surface area contributed by atoms with Gasteiger partial charge in [0.1, 0.15) is 11.9 Å². The summed E-state index contributed by atoms with van der Waals surface area (Å²) in [6, 6.07) is 0. The Balaban J connectivity index is 2.38. The zero-order valence-corrected chi connectivity index (χ0v) is 22.2. The third-order valence-corrected chi connectivity index (χ3v) is 7.47. The number of hydrogen-bond acceptors (Lipinski definition) is 7. The van der Waals surface area contributed by atoms with Crippen LogP contribution >= 0.6 is 11.3 Å². The van der Waals surface area contributed by atoms with E-state index in [0.717, 1.165) is 21.8 Å². The van der Waals surface area contributed by atoms with E-state index in [-0.39, 0.29) is 18.1 Å². The minimum Gasteiger partial charge on any atom is -0.457 e. The largest absolute Gasteiger partial charge is 0.457 e. The molecule has 0 bridgehead atoms. The number of aliphatic hydroxyl groups is 2. The van der Waals surface area contributed by atoms with E-state index in [4.69, 9.17) is 4.74 Å². The highest BCUT2D eigenvalue weighted by atomic mass is 32.1. The predicted octanol–water partition coefficient (Wildman–Crippen LogP) is 5.04. The van der Waals surface area contributed by atoms with Crippen LogP contribution in [-0.2, 0) is 14.3 Å². The Bertz CT molecular complexity index is 958. The van der Waals surface area contributed by atoms with Gasteiger partial charge >= 0.3 is 5.97 Å². The highest BCUT2D eigenvalue weighted by Crippen LogP contribution is 2.32. The van der Waals surface area contributed by atoms with E-state index >= 15 is 0 Å². The Labute approximate surface area is 207 Å². The van der Waals surface area contributed by atoms with Gasteiger partial charge in [-0.1, -0.05) is 51.5 Å². The number of ketones is 1. The first kappa shape index (κ1) is 28.1. The van der Waals surface area contributed by atoms with Crippen molar-refractivity contribution in [1.82, 2.24) is 4.98 Å². The standard InChI is InChI=1S/C27H39NO5S/c1-16-9-8-10-17(2)25(31)19(4)26(32)27(6,7)23(29)14-24(30)33-22(12-11-16)18(3)13-21-15-34-20(5)28-21/h8-9,11,13,15,17,19,22-23,25,29,31H,10,12,14H2,1-7H3/b9-8+,16-11-,18-13+/t17-,19+,22-,23-,25?/m0/s1. The van der Waals surface area contributed by atoms with E-state index < -0.39 is 35.6 Å². The van der Waals surface area contributed by atoms with Crippen molar-refractivity contribution in [3.63, 3.8) is 0 Å². The van der Waals surface area contributed by atoms with E-state index in [1.807, 2.05) is 57.4 Å². The lowest BCUT2D eigenvalue weighted by Crippen LogP contribution is -2.45. The van der Waals surface area contributed by atoms with Gasteiger partial charge in [-0.3, -0.25) is 9.59 Å². The van der Waals surface area contributed by atoms with Crippen LogP contribution in [0, 0.1) is 24.2 Å². The van der Waals surface area contributed by atoms with Crippen LogP contribution in [0.25, 0.3) is 6.08 Å². The average molecular weight is 490 g/mol. The molecule has 1 aliphatic heterocycles. The van der Waals surface area contributed by atoms with Gasteiger partial charge in [-0.05, 0) is 44.8 Å². The Hall–Kier alpha value is -2.09. The minimum atomic E-state index is -1.23. The summed E-state index contributed by atoms with van der Waals surface area (Å²) in [4.78, 5) is 30.4. The third-order valence-electron chi connectivity index (χ3n) is 6.67. The molecular weight excluding hydrogens is 450 g/mol. The fourth-order valence-corrected chi connectivity index (χ4v) is 4.66. The fraction of sp³-hybridized carbons (Fsp3) is 0.593. The number of thiazole rings is 1. The smallest absolute Gasteiger partial charge is 0.309 e. The van der Waals surface area contributed by atoms with E-state index in [2.05, 4.69) is 4.98 Å². The molecule has 6 nitrogen and oxygen atoms in total. The van der Waals surface area contributed by atoms with Crippen LogP contribution in [0.5, 0.6) is 0 Å². The number of carbonyl (C=O) groups is 2. The van der Waals surface area contributed by atoms with Crippen molar-refractivity contribution in [3.05, 3.63) is 45.5 Å². The number of esters is 1.